The Labute approximate surface area is 121 Å². The molecule has 1 aromatic heterocycles. The maximum atomic E-state index is 10.9. The van der Waals surface area contributed by atoms with E-state index >= 15 is 0 Å². The molecule has 3 nitrogen and oxygen atoms in total. The van der Waals surface area contributed by atoms with E-state index in [1.807, 2.05) is 18.2 Å². The lowest BCUT2D eigenvalue weighted by atomic mass is 10.2. The van der Waals surface area contributed by atoms with Crippen molar-refractivity contribution in [2.45, 2.75) is 19.4 Å². The van der Waals surface area contributed by atoms with Crippen molar-refractivity contribution in [1.82, 2.24) is 5.32 Å². The highest BCUT2D eigenvalue weighted by Gasteiger charge is 2.09. The van der Waals surface area contributed by atoms with Gasteiger partial charge in [-0.3, -0.25) is 4.79 Å². The maximum Gasteiger partial charge on any atom is 0.305 e. The number of esters is 1. The summed E-state index contributed by atoms with van der Waals surface area (Å²) in [4.78, 5) is 12.1. The van der Waals surface area contributed by atoms with Crippen molar-refractivity contribution >= 4 is 39.0 Å². The van der Waals surface area contributed by atoms with E-state index < -0.39 is 0 Å². The lowest BCUT2D eigenvalue weighted by Gasteiger charge is -2.03. The minimum absolute atomic E-state index is 0.165. The first kappa shape index (κ1) is 14.3. The van der Waals surface area contributed by atoms with Crippen molar-refractivity contribution in [2.24, 2.45) is 0 Å². The van der Waals surface area contributed by atoms with Crippen molar-refractivity contribution < 1.29 is 9.53 Å². The molecule has 0 atom stereocenters. The van der Waals surface area contributed by atoms with Gasteiger partial charge in [-0.1, -0.05) is 29.8 Å². The van der Waals surface area contributed by atoms with Crippen molar-refractivity contribution in [3.05, 3.63) is 34.2 Å². The number of nitrogens with one attached hydrogen (secondary N) is 1. The number of carbonyl (C=O) groups is 1. The Kier molecular flexibility index (Phi) is 5.19. The summed E-state index contributed by atoms with van der Waals surface area (Å²) in [7, 11) is 1.41. The molecular formula is C14H16ClNO2S. The monoisotopic (exact) mass is 297 g/mol. The molecule has 1 aromatic carbocycles. The van der Waals surface area contributed by atoms with Crippen LogP contribution in [0.2, 0.25) is 5.02 Å². The van der Waals surface area contributed by atoms with Crippen LogP contribution in [-0.2, 0) is 16.1 Å². The highest BCUT2D eigenvalue weighted by atomic mass is 35.5. The summed E-state index contributed by atoms with van der Waals surface area (Å²) in [5.41, 5.74) is 0. The van der Waals surface area contributed by atoms with E-state index in [0.29, 0.717) is 6.42 Å². The minimum Gasteiger partial charge on any atom is -0.469 e. The zero-order valence-electron chi connectivity index (χ0n) is 10.7. The molecule has 5 heteroatoms. The molecule has 2 aromatic rings. The van der Waals surface area contributed by atoms with Crippen LogP contribution in [0.3, 0.4) is 0 Å². The third kappa shape index (κ3) is 3.69. The number of hydrogen-bond acceptors (Lipinski definition) is 4. The number of halogens is 1. The second kappa shape index (κ2) is 6.89. The molecule has 0 saturated heterocycles. The van der Waals surface area contributed by atoms with Crippen LogP contribution < -0.4 is 5.32 Å². The van der Waals surface area contributed by atoms with Gasteiger partial charge in [0.15, 0.2) is 0 Å². The molecule has 0 amide bonds. The summed E-state index contributed by atoms with van der Waals surface area (Å²) < 4.78 is 5.80. The van der Waals surface area contributed by atoms with Gasteiger partial charge in [-0.2, -0.15) is 0 Å². The number of benzene rings is 1. The summed E-state index contributed by atoms with van der Waals surface area (Å²) in [6, 6.07) is 8.12. The van der Waals surface area contributed by atoms with Gasteiger partial charge in [0, 0.05) is 27.9 Å². The zero-order valence-corrected chi connectivity index (χ0v) is 12.3. The van der Waals surface area contributed by atoms with Gasteiger partial charge in [-0.05, 0) is 19.0 Å². The Morgan fingerprint density at radius 3 is 2.95 bits per heavy atom. The van der Waals surface area contributed by atoms with Gasteiger partial charge in [-0.25, -0.2) is 0 Å². The van der Waals surface area contributed by atoms with Crippen LogP contribution >= 0.6 is 22.9 Å². The lowest BCUT2D eigenvalue weighted by molar-refractivity contribution is -0.140. The number of hydrogen-bond donors (Lipinski definition) is 1. The quantitative estimate of drug-likeness (QED) is 0.654. The Balaban J connectivity index is 1.85. The molecular weight excluding hydrogens is 282 g/mol. The smallest absolute Gasteiger partial charge is 0.305 e. The molecule has 2 rings (SSSR count). The predicted molar refractivity (Wildman–Crippen MR) is 79.8 cm³/mol. The fraction of sp³-hybridized carbons (Fsp3) is 0.357. The Bertz CT molecular complexity index is 568. The van der Waals surface area contributed by atoms with E-state index in [0.717, 1.165) is 34.8 Å². The molecule has 19 heavy (non-hydrogen) atoms. The molecule has 1 N–H and O–H groups in total. The van der Waals surface area contributed by atoms with E-state index in [1.165, 1.54) is 11.8 Å². The Hall–Kier alpha value is -1.10. The van der Waals surface area contributed by atoms with E-state index in [2.05, 4.69) is 16.1 Å². The Morgan fingerprint density at radius 1 is 1.42 bits per heavy atom. The van der Waals surface area contributed by atoms with Crippen LogP contribution in [0.4, 0.5) is 0 Å². The molecule has 1 heterocycles. The standard InChI is InChI=1S/C14H16ClNO2S/c1-18-13(17)7-4-8-16-9-12-14(15)10-5-2-3-6-11(10)19-12/h2-3,5-6,16H,4,7-9H2,1H3. The number of carbonyl (C=O) groups excluding carboxylic acids is 1. The molecule has 0 aliphatic heterocycles. The highest BCUT2D eigenvalue weighted by Crippen LogP contribution is 2.34. The summed E-state index contributed by atoms with van der Waals surface area (Å²) in [6.45, 7) is 1.51. The third-order valence-corrected chi connectivity index (χ3v) is 4.56. The number of rotatable bonds is 6. The molecule has 0 radical (unpaired) electrons. The molecule has 0 aliphatic rings. The van der Waals surface area contributed by atoms with Crippen LogP contribution in [0.15, 0.2) is 24.3 Å². The van der Waals surface area contributed by atoms with Crippen LogP contribution in [0.1, 0.15) is 17.7 Å². The predicted octanol–water partition coefficient (Wildman–Crippen LogP) is 3.60. The first-order valence-corrected chi connectivity index (χ1v) is 7.35. The molecule has 102 valence electrons. The van der Waals surface area contributed by atoms with Gasteiger partial charge in [-0.15, -0.1) is 11.3 Å². The SMILES string of the molecule is COC(=O)CCCNCc1sc2ccccc2c1Cl. The van der Waals surface area contributed by atoms with E-state index in [-0.39, 0.29) is 5.97 Å². The van der Waals surface area contributed by atoms with Gasteiger partial charge < -0.3 is 10.1 Å². The topological polar surface area (TPSA) is 38.3 Å². The van der Waals surface area contributed by atoms with Crippen molar-refractivity contribution in [3.63, 3.8) is 0 Å². The fourth-order valence-electron chi connectivity index (χ4n) is 1.84. The van der Waals surface area contributed by atoms with E-state index in [4.69, 9.17) is 11.6 Å². The molecule has 0 aliphatic carbocycles. The van der Waals surface area contributed by atoms with Crippen LogP contribution in [0, 0.1) is 0 Å². The zero-order chi connectivity index (χ0) is 13.7. The van der Waals surface area contributed by atoms with Crippen LogP contribution in [0.25, 0.3) is 10.1 Å². The minimum atomic E-state index is -0.165. The second-order valence-electron chi connectivity index (χ2n) is 4.19. The second-order valence-corrected chi connectivity index (χ2v) is 5.71. The number of thiophene rings is 1. The number of fused-ring (bicyclic) bond motifs is 1. The maximum absolute atomic E-state index is 10.9. The number of methoxy groups -OCH3 is 1. The molecule has 0 saturated carbocycles. The summed E-state index contributed by atoms with van der Waals surface area (Å²) >= 11 is 8.05. The lowest BCUT2D eigenvalue weighted by Crippen LogP contribution is -2.15. The molecule has 0 spiro atoms. The van der Waals surface area contributed by atoms with Gasteiger partial charge in [0.1, 0.15) is 0 Å². The van der Waals surface area contributed by atoms with Crippen LogP contribution in [-0.4, -0.2) is 19.6 Å². The summed E-state index contributed by atoms with van der Waals surface area (Å²) in [5.74, 6) is -0.165. The molecule has 0 fully saturated rings. The van der Waals surface area contributed by atoms with Crippen molar-refractivity contribution in [2.75, 3.05) is 13.7 Å². The fourth-order valence-corrected chi connectivity index (χ4v) is 3.31. The molecule has 0 unspecified atom stereocenters. The highest BCUT2D eigenvalue weighted by molar-refractivity contribution is 7.19. The Morgan fingerprint density at radius 2 is 2.21 bits per heavy atom. The largest absolute Gasteiger partial charge is 0.469 e. The van der Waals surface area contributed by atoms with Gasteiger partial charge in [0.05, 0.1) is 12.1 Å². The van der Waals surface area contributed by atoms with Gasteiger partial charge >= 0.3 is 5.97 Å². The van der Waals surface area contributed by atoms with Crippen LogP contribution in [0.5, 0.6) is 0 Å². The molecule has 0 bridgehead atoms. The summed E-state index contributed by atoms with van der Waals surface area (Å²) in [6.07, 6.45) is 1.22. The summed E-state index contributed by atoms with van der Waals surface area (Å²) in [5, 5.41) is 5.25. The van der Waals surface area contributed by atoms with E-state index in [1.54, 1.807) is 11.3 Å². The third-order valence-electron chi connectivity index (χ3n) is 2.85. The normalized spacial score (nSPS) is 10.8. The van der Waals surface area contributed by atoms with Crippen molar-refractivity contribution in [1.29, 1.82) is 0 Å². The first-order valence-electron chi connectivity index (χ1n) is 6.16. The average Bonchev–Trinajstić information content (AvgIpc) is 2.75. The first-order chi connectivity index (χ1) is 9.22. The van der Waals surface area contributed by atoms with Crippen molar-refractivity contribution in [3.8, 4) is 0 Å². The number of ether oxygens (including phenoxy) is 1. The van der Waals surface area contributed by atoms with E-state index in [9.17, 15) is 4.79 Å². The van der Waals surface area contributed by atoms with Gasteiger partial charge in [0.25, 0.3) is 0 Å². The average molecular weight is 298 g/mol. The van der Waals surface area contributed by atoms with Gasteiger partial charge in [0.2, 0.25) is 0 Å².